The Labute approximate surface area is 170 Å². The van der Waals surface area contributed by atoms with Crippen LogP contribution >= 0.6 is 15.9 Å². The van der Waals surface area contributed by atoms with E-state index in [-0.39, 0.29) is 24.8 Å². The van der Waals surface area contributed by atoms with Crippen LogP contribution in [0.1, 0.15) is 27.1 Å². The lowest BCUT2D eigenvalue weighted by Crippen LogP contribution is -2.46. The van der Waals surface area contributed by atoms with Crippen molar-refractivity contribution in [3.63, 3.8) is 0 Å². The van der Waals surface area contributed by atoms with E-state index in [9.17, 15) is 14.4 Å². The molecule has 0 radical (unpaired) electrons. The maximum atomic E-state index is 12.8. The summed E-state index contributed by atoms with van der Waals surface area (Å²) in [6, 6.07) is 13.7. The minimum atomic E-state index is -0.962. The number of anilines is 1. The molecule has 0 spiro atoms. The van der Waals surface area contributed by atoms with Gasteiger partial charge in [0.15, 0.2) is 0 Å². The number of hydrogen-bond donors (Lipinski definition) is 2. The van der Waals surface area contributed by atoms with E-state index in [2.05, 4.69) is 21.2 Å². The van der Waals surface area contributed by atoms with E-state index in [4.69, 9.17) is 9.84 Å². The second-order valence-electron chi connectivity index (χ2n) is 6.39. The first kappa shape index (κ1) is 20.0. The van der Waals surface area contributed by atoms with Gasteiger partial charge < -0.3 is 20.1 Å². The smallest absolute Gasteiger partial charge is 0.306 e. The van der Waals surface area contributed by atoms with Crippen LogP contribution in [0, 0.1) is 0 Å². The molecule has 0 saturated carbocycles. The van der Waals surface area contributed by atoms with Crippen molar-refractivity contribution >= 4 is 39.4 Å². The maximum absolute atomic E-state index is 12.8. The third-order valence-electron chi connectivity index (χ3n) is 4.28. The van der Waals surface area contributed by atoms with Crippen LogP contribution in [-0.4, -0.2) is 53.6 Å². The van der Waals surface area contributed by atoms with Gasteiger partial charge in [0.1, 0.15) is 0 Å². The minimum absolute atomic E-state index is 0.146. The fraction of sp³-hybridized carbons (Fsp3) is 0.250. The quantitative estimate of drug-likeness (QED) is 0.735. The maximum Gasteiger partial charge on any atom is 0.306 e. The topological polar surface area (TPSA) is 95.9 Å². The van der Waals surface area contributed by atoms with Crippen molar-refractivity contribution in [2.45, 2.75) is 12.5 Å². The van der Waals surface area contributed by atoms with Crippen LogP contribution < -0.4 is 5.32 Å². The first-order chi connectivity index (χ1) is 13.4. The molecule has 28 heavy (non-hydrogen) atoms. The molecule has 7 nitrogen and oxygen atoms in total. The highest BCUT2D eigenvalue weighted by Gasteiger charge is 2.26. The number of aliphatic carboxylic acids is 1. The molecule has 1 atom stereocenters. The monoisotopic (exact) mass is 446 g/mol. The SMILES string of the molecule is O=C(O)C[C@H]1CN(C(=O)c2cccc(NC(=O)c3cccc(Br)c3)c2)CCO1. The highest BCUT2D eigenvalue weighted by Crippen LogP contribution is 2.18. The zero-order valence-corrected chi connectivity index (χ0v) is 16.5. The molecule has 2 N–H and O–H groups in total. The van der Waals surface area contributed by atoms with Gasteiger partial charge in [-0.25, -0.2) is 0 Å². The number of morpholine rings is 1. The molecule has 0 aromatic heterocycles. The van der Waals surface area contributed by atoms with Gasteiger partial charge in [-0.3, -0.25) is 14.4 Å². The Morgan fingerprint density at radius 1 is 1.14 bits per heavy atom. The molecule has 1 aliphatic heterocycles. The number of halogens is 1. The van der Waals surface area contributed by atoms with Gasteiger partial charge in [0.25, 0.3) is 11.8 Å². The van der Waals surface area contributed by atoms with E-state index in [0.717, 1.165) is 4.47 Å². The molecular weight excluding hydrogens is 428 g/mol. The fourth-order valence-electron chi connectivity index (χ4n) is 2.97. The second kappa shape index (κ2) is 8.99. The van der Waals surface area contributed by atoms with Crippen molar-refractivity contribution in [2.75, 3.05) is 25.0 Å². The van der Waals surface area contributed by atoms with E-state index in [1.54, 1.807) is 47.4 Å². The Morgan fingerprint density at radius 3 is 2.64 bits per heavy atom. The number of benzene rings is 2. The number of amides is 2. The molecule has 2 aromatic carbocycles. The fourth-order valence-corrected chi connectivity index (χ4v) is 3.37. The predicted molar refractivity (Wildman–Crippen MR) is 106 cm³/mol. The lowest BCUT2D eigenvalue weighted by molar-refractivity contribution is -0.141. The summed E-state index contributed by atoms with van der Waals surface area (Å²) in [6.07, 6.45) is -0.665. The Bertz CT molecular complexity index is 902. The van der Waals surface area contributed by atoms with Crippen LogP contribution in [0.3, 0.4) is 0 Å². The third-order valence-corrected chi connectivity index (χ3v) is 4.78. The van der Waals surface area contributed by atoms with Crippen LogP contribution in [0.5, 0.6) is 0 Å². The van der Waals surface area contributed by atoms with Crippen molar-refractivity contribution in [3.05, 3.63) is 64.1 Å². The van der Waals surface area contributed by atoms with Gasteiger partial charge in [0, 0.05) is 34.4 Å². The van der Waals surface area contributed by atoms with E-state index in [1.807, 2.05) is 6.07 Å². The summed E-state index contributed by atoms with van der Waals surface area (Å²) in [6.45, 7) is 0.909. The Kier molecular flexibility index (Phi) is 6.43. The number of hydrogen-bond acceptors (Lipinski definition) is 4. The number of nitrogens with one attached hydrogen (secondary N) is 1. The standard InChI is InChI=1S/C20H19BrN2O5/c21-15-5-1-3-13(9-15)19(26)22-16-6-2-4-14(10-16)20(27)23-7-8-28-17(12-23)11-18(24)25/h1-6,9-10,17H,7-8,11-12H2,(H,22,26)(H,24,25)/t17-/m0/s1. The molecular formula is C20H19BrN2O5. The molecule has 1 saturated heterocycles. The Balaban J connectivity index is 1.69. The average molecular weight is 447 g/mol. The largest absolute Gasteiger partial charge is 0.481 e. The van der Waals surface area contributed by atoms with Gasteiger partial charge in [-0.05, 0) is 36.4 Å². The number of carbonyl (C=O) groups excluding carboxylic acids is 2. The predicted octanol–water partition coefficient (Wildman–Crippen LogP) is 3.02. The zero-order valence-electron chi connectivity index (χ0n) is 14.9. The van der Waals surface area contributed by atoms with Gasteiger partial charge in [-0.2, -0.15) is 0 Å². The van der Waals surface area contributed by atoms with Crippen molar-refractivity contribution < 1.29 is 24.2 Å². The summed E-state index contributed by atoms with van der Waals surface area (Å²) in [5.41, 5.74) is 1.42. The first-order valence-electron chi connectivity index (χ1n) is 8.72. The molecule has 1 heterocycles. The Morgan fingerprint density at radius 2 is 1.89 bits per heavy atom. The summed E-state index contributed by atoms with van der Waals surface area (Å²) in [4.78, 5) is 37.6. The van der Waals surface area contributed by atoms with Crippen LogP contribution in [-0.2, 0) is 9.53 Å². The van der Waals surface area contributed by atoms with Gasteiger partial charge in [0.05, 0.1) is 19.1 Å². The van der Waals surface area contributed by atoms with E-state index < -0.39 is 12.1 Å². The van der Waals surface area contributed by atoms with Crippen molar-refractivity contribution in [1.29, 1.82) is 0 Å². The number of nitrogens with zero attached hydrogens (tertiary/aromatic N) is 1. The average Bonchev–Trinajstić information content (AvgIpc) is 2.67. The van der Waals surface area contributed by atoms with E-state index in [0.29, 0.717) is 30.0 Å². The van der Waals surface area contributed by atoms with Crippen molar-refractivity contribution in [1.82, 2.24) is 4.90 Å². The zero-order chi connectivity index (χ0) is 20.1. The molecule has 0 aliphatic carbocycles. The molecule has 8 heteroatoms. The number of carbonyl (C=O) groups is 3. The molecule has 0 bridgehead atoms. The number of rotatable bonds is 5. The van der Waals surface area contributed by atoms with Gasteiger partial charge in [-0.15, -0.1) is 0 Å². The molecule has 3 rings (SSSR count). The summed E-state index contributed by atoms with van der Waals surface area (Å²) in [7, 11) is 0. The van der Waals surface area contributed by atoms with E-state index in [1.165, 1.54) is 0 Å². The molecule has 146 valence electrons. The van der Waals surface area contributed by atoms with Crippen molar-refractivity contribution in [3.8, 4) is 0 Å². The Hall–Kier alpha value is -2.71. The molecule has 1 aliphatic rings. The van der Waals surface area contributed by atoms with Gasteiger partial charge >= 0.3 is 5.97 Å². The van der Waals surface area contributed by atoms with Gasteiger partial charge in [0.2, 0.25) is 0 Å². The highest BCUT2D eigenvalue weighted by molar-refractivity contribution is 9.10. The number of ether oxygens (including phenoxy) is 1. The number of carboxylic acids is 1. The minimum Gasteiger partial charge on any atom is -0.481 e. The summed E-state index contributed by atoms with van der Waals surface area (Å²) >= 11 is 3.33. The third kappa shape index (κ3) is 5.17. The van der Waals surface area contributed by atoms with E-state index >= 15 is 0 Å². The van der Waals surface area contributed by atoms with Crippen LogP contribution in [0.25, 0.3) is 0 Å². The van der Waals surface area contributed by atoms with Gasteiger partial charge in [-0.1, -0.05) is 28.1 Å². The van der Waals surface area contributed by atoms with Crippen molar-refractivity contribution in [2.24, 2.45) is 0 Å². The highest BCUT2D eigenvalue weighted by atomic mass is 79.9. The van der Waals surface area contributed by atoms with Crippen LogP contribution in [0.4, 0.5) is 5.69 Å². The molecule has 2 aromatic rings. The van der Waals surface area contributed by atoms with Crippen LogP contribution in [0.2, 0.25) is 0 Å². The normalized spacial score (nSPS) is 16.5. The summed E-state index contributed by atoms with van der Waals surface area (Å²) in [5, 5.41) is 11.7. The lowest BCUT2D eigenvalue weighted by atomic mass is 10.1. The summed E-state index contributed by atoms with van der Waals surface area (Å²) in [5.74, 6) is -1.47. The summed E-state index contributed by atoms with van der Waals surface area (Å²) < 4.78 is 6.20. The first-order valence-corrected chi connectivity index (χ1v) is 9.51. The molecule has 0 unspecified atom stereocenters. The molecule has 1 fully saturated rings. The van der Waals surface area contributed by atoms with Crippen LogP contribution in [0.15, 0.2) is 53.0 Å². The molecule has 2 amide bonds. The lowest BCUT2D eigenvalue weighted by Gasteiger charge is -2.32. The second-order valence-corrected chi connectivity index (χ2v) is 7.30. The number of carboxylic acid groups (broad SMARTS) is 1.